The zero-order valence-corrected chi connectivity index (χ0v) is 13.5. The van der Waals surface area contributed by atoms with Gasteiger partial charge in [-0.25, -0.2) is 4.39 Å². The van der Waals surface area contributed by atoms with Crippen molar-refractivity contribution >= 4 is 0 Å². The van der Waals surface area contributed by atoms with Crippen LogP contribution in [-0.2, 0) is 0 Å². The fraction of sp³-hybridized carbons (Fsp3) is 0.647. The van der Waals surface area contributed by atoms with Crippen molar-refractivity contribution in [1.82, 2.24) is 9.80 Å². The summed E-state index contributed by atoms with van der Waals surface area (Å²) in [5.74, 6) is 0.996. The van der Waals surface area contributed by atoms with Gasteiger partial charge in [0.15, 0.2) is 0 Å². The van der Waals surface area contributed by atoms with Crippen molar-refractivity contribution in [3.63, 3.8) is 0 Å². The van der Waals surface area contributed by atoms with Gasteiger partial charge in [0.05, 0.1) is 0 Å². The van der Waals surface area contributed by atoms with E-state index in [1.807, 2.05) is 0 Å². The largest absolute Gasteiger partial charge is 0.491 e. The third kappa shape index (κ3) is 5.91. The third-order valence-corrected chi connectivity index (χ3v) is 3.81. The summed E-state index contributed by atoms with van der Waals surface area (Å²) in [4.78, 5) is 4.75. The van der Waals surface area contributed by atoms with Gasteiger partial charge in [0, 0.05) is 39.3 Å². The molecule has 0 aromatic heterocycles. The summed E-state index contributed by atoms with van der Waals surface area (Å²) in [7, 11) is 0. The Labute approximate surface area is 132 Å². The van der Waals surface area contributed by atoms with E-state index in [1.54, 1.807) is 12.1 Å². The molecule has 0 saturated carbocycles. The Hall–Kier alpha value is -1.17. The standard InChI is InChI=1S/C17H27FN2O2/c1-14(2)11-19-7-9-20(10-8-19)12-16(21)13-22-17-5-3-15(18)4-6-17/h3-6,14,16,21H,7-13H2,1-2H3. The van der Waals surface area contributed by atoms with Gasteiger partial charge >= 0.3 is 0 Å². The number of piperazine rings is 1. The van der Waals surface area contributed by atoms with Crippen molar-refractivity contribution in [3.8, 4) is 5.75 Å². The molecule has 22 heavy (non-hydrogen) atoms. The fourth-order valence-corrected chi connectivity index (χ4v) is 2.74. The summed E-state index contributed by atoms with van der Waals surface area (Å²) in [6, 6.07) is 5.87. The lowest BCUT2D eigenvalue weighted by Crippen LogP contribution is -2.49. The molecule has 0 bridgehead atoms. The first-order valence-electron chi connectivity index (χ1n) is 8.04. The first-order valence-corrected chi connectivity index (χ1v) is 8.04. The highest BCUT2D eigenvalue weighted by molar-refractivity contribution is 5.22. The highest BCUT2D eigenvalue weighted by atomic mass is 19.1. The number of aliphatic hydroxyl groups excluding tert-OH is 1. The number of nitrogens with zero attached hydrogens (tertiary/aromatic N) is 2. The molecule has 5 heteroatoms. The summed E-state index contributed by atoms with van der Waals surface area (Å²) >= 11 is 0. The number of benzene rings is 1. The highest BCUT2D eigenvalue weighted by Crippen LogP contribution is 2.12. The van der Waals surface area contributed by atoms with Crippen molar-refractivity contribution in [2.24, 2.45) is 5.92 Å². The smallest absolute Gasteiger partial charge is 0.123 e. The first kappa shape index (κ1) is 17.2. The summed E-state index contributed by atoms with van der Waals surface area (Å²) in [5, 5.41) is 10.1. The van der Waals surface area contributed by atoms with Crippen LogP contribution in [0.2, 0.25) is 0 Å². The molecule has 0 spiro atoms. The molecular weight excluding hydrogens is 283 g/mol. The van der Waals surface area contributed by atoms with E-state index in [1.165, 1.54) is 12.1 Å². The SMILES string of the molecule is CC(C)CN1CCN(CC(O)COc2ccc(F)cc2)CC1. The molecular formula is C17H27FN2O2. The Bertz CT molecular complexity index is 431. The van der Waals surface area contributed by atoms with Gasteiger partial charge < -0.3 is 14.7 Å². The lowest BCUT2D eigenvalue weighted by Gasteiger charge is -2.36. The molecule has 1 N–H and O–H groups in total. The number of aliphatic hydroxyl groups is 1. The van der Waals surface area contributed by atoms with Crippen LogP contribution in [0.5, 0.6) is 5.75 Å². The average Bonchev–Trinajstić information content (AvgIpc) is 2.48. The highest BCUT2D eigenvalue weighted by Gasteiger charge is 2.19. The van der Waals surface area contributed by atoms with E-state index < -0.39 is 6.10 Å². The lowest BCUT2D eigenvalue weighted by atomic mass is 10.2. The van der Waals surface area contributed by atoms with Gasteiger partial charge in [-0.1, -0.05) is 13.8 Å². The molecule has 1 atom stereocenters. The summed E-state index contributed by atoms with van der Waals surface area (Å²) < 4.78 is 18.3. The average molecular weight is 310 g/mol. The molecule has 1 unspecified atom stereocenters. The van der Waals surface area contributed by atoms with Gasteiger partial charge in [0.1, 0.15) is 24.3 Å². The zero-order valence-electron chi connectivity index (χ0n) is 13.5. The minimum atomic E-state index is -0.526. The number of ether oxygens (including phenoxy) is 1. The van der Waals surface area contributed by atoms with Crippen LogP contribution in [-0.4, -0.2) is 66.9 Å². The van der Waals surface area contributed by atoms with Crippen LogP contribution in [0, 0.1) is 11.7 Å². The van der Waals surface area contributed by atoms with Crippen molar-refractivity contribution < 1.29 is 14.2 Å². The Morgan fingerprint density at radius 2 is 1.59 bits per heavy atom. The normalized spacial score (nSPS) is 18.6. The van der Waals surface area contributed by atoms with Crippen molar-refractivity contribution in [1.29, 1.82) is 0 Å². The summed E-state index contributed by atoms with van der Waals surface area (Å²) in [6.45, 7) is 10.6. The molecule has 0 aliphatic carbocycles. The van der Waals surface area contributed by atoms with Crippen LogP contribution in [0.15, 0.2) is 24.3 Å². The van der Waals surface area contributed by atoms with Crippen LogP contribution in [0.1, 0.15) is 13.8 Å². The van der Waals surface area contributed by atoms with Crippen molar-refractivity contribution in [2.75, 3.05) is 45.9 Å². The number of halogens is 1. The maximum Gasteiger partial charge on any atom is 0.123 e. The number of β-amino-alcohol motifs (C(OH)–C–C–N with tert-alkyl or cyclic N) is 1. The molecule has 0 amide bonds. The molecule has 1 saturated heterocycles. The van der Waals surface area contributed by atoms with Crippen molar-refractivity contribution in [2.45, 2.75) is 20.0 Å². The fourth-order valence-electron chi connectivity index (χ4n) is 2.74. The van der Waals surface area contributed by atoms with Gasteiger partial charge in [0.25, 0.3) is 0 Å². The van der Waals surface area contributed by atoms with Gasteiger partial charge in [-0.3, -0.25) is 4.90 Å². The quantitative estimate of drug-likeness (QED) is 0.834. The third-order valence-electron chi connectivity index (χ3n) is 3.81. The molecule has 4 nitrogen and oxygen atoms in total. The minimum Gasteiger partial charge on any atom is -0.491 e. The van der Waals surface area contributed by atoms with Gasteiger partial charge in [0.2, 0.25) is 0 Å². The Balaban J connectivity index is 1.65. The maximum absolute atomic E-state index is 12.8. The van der Waals surface area contributed by atoms with E-state index >= 15 is 0 Å². The van der Waals surface area contributed by atoms with Crippen LogP contribution in [0.3, 0.4) is 0 Å². The predicted molar refractivity (Wildman–Crippen MR) is 85.6 cm³/mol. The number of hydrogen-bond donors (Lipinski definition) is 1. The maximum atomic E-state index is 12.8. The second kappa shape index (κ2) is 8.46. The zero-order chi connectivity index (χ0) is 15.9. The Morgan fingerprint density at radius 1 is 1.05 bits per heavy atom. The second-order valence-corrected chi connectivity index (χ2v) is 6.41. The van der Waals surface area contributed by atoms with Gasteiger partial charge in [-0.15, -0.1) is 0 Å². The van der Waals surface area contributed by atoms with Crippen LogP contribution >= 0.6 is 0 Å². The van der Waals surface area contributed by atoms with Crippen molar-refractivity contribution in [3.05, 3.63) is 30.1 Å². The predicted octanol–water partition coefficient (Wildman–Crippen LogP) is 1.84. The van der Waals surface area contributed by atoms with Gasteiger partial charge in [-0.05, 0) is 30.2 Å². The van der Waals surface area contributed by atoms with Crippen LogP contribution in [0.25, 0.3) is 0 Å². The van der Waals surface area contributed by atoms with E-state index in [0.29, 0.717) is 18.2 Å². The van der Waals surface area contributed by atoms with Crippen LogP contribution in [0.4, 0.5) is 4.39 Å². The topological polar surface area (TPSA) is 35.9 Å². The molecule has 0 radical (unpaired) electrons. The monoisotopic (exact) mass is 310 g/mol. The molecule has 2 rings (SSSR count). The molecule has 1 aromatic rings. The number of rotatable bonds is 7. The van der Waals surface area contributed by atoms with Crippen LogP contribution < -0.4 is 4.74 Å². The van der Waals surface area contributed by atoms with E-state index in [4.69, 9.17) is 4.74 Å². The summed E-state index contributed by atoms with van der Waals surface area (Å²) in [5.41, 5.74) is 0. The van der Waals surface area contributed by atoms with Gasteiger partial charge in [-0.2, -0.15) is 0 Å². The Morgan fingerprint density at radius 3 is 2.14 bits per heavy atom. The van der Waals surface area contributed by atoms with E-state index in [9.17, 15) is 9.50 Å². The van der Waals surface area contributed by atoms with E-state index in [0.717, 1.165) is 32.7 Å². The molecule has 1 aromatic carbocycles. The lowest BCUT2D eigenvalue weighted by molar-refractivity contribution is 0.0440. The summed E-state index contributed by atoms with van der Waals surface area (Å²) in [6.07, 6.45) is -0.526. The van der Waals surface area contributed by atoms with E-state index in [-0.39, 0.29) is 12.4 Å². The molecule has 124 valence electrons. The Kier molecular flexibility index (Phi) is 6.61. The first-order chi connectivity index (χ1) is 10.5. The molecule has 1 aliphatic heterocycles. The van der Waals surface area contributed by atoms with E-state index in [2.05, 4.69) is 23.6 Å². The molecule has 1 fully saturated rings. The number of hydrogen-bond acceptors (Lipinski definition) is 4. The molecule has 1 aliphatic rings. The minimum absolute atomic E-state index is 0.234. The molecule has 1 heterocycles. The second-order valence-electron chi connectivity index (χ2n) is 6.41.